The highest BCUT2D eigenvalue weighted by Gasteiger charge is 2.20. The molecule has 0 aliphatic carbocycles. The van der Waals surface area contributed by atoms with Gasteiger partial charge in [-0.2, -0.15) is 5.26 Å². The van der Waals surface area contributed by atoms with Gasteiger partial charge in [-0.25, -0.2) is 4.39 Å². The average Bonchev–Trinajstić information content (AvgIpc) is 2.99. The number of rotatable bonds is 9. The molecule has 0 amide bonds. The first-order valence-corrected chi connectivity index (χ1v) is 12.1. The SMILES string of the molecule is CC/C=C(\C#N)C(=O)c1cc2cc(F)c(NSCCCF)cc2n1SI. The van der Waals surface area contributed by atoms with E-state index in [1.54, 1.807) is 22.2 Å². The molecular weight excluding hydrogens is 491 g/mol. The number of hydrogen-bond donors (Lipinski definition) is 1. The molecule has 0 atom stereocenters. The number of nitrogens with one attached hydrogen (secondary N) is 1. The second-order valence-corrected chi connectivity index (χ2v) is 7.83. The topological polar surface area (TPSA) is 57.8 Å². The van der Waals surface area contributed by atoms with Gasteiger partial charge in [-0.1, -0.05) is 24.9 Å². The van der Waals surface area contributed by atoms with Crippen molar-refractivity contribution in [3.05, 3.63) is 41.4 Å². The lowest BCUT2D eigenvalue weighted by Crippen LogP contribution is -2.06. The number of Topliss-reactive ketones (excluding diaryl/α,β-unsaturated/α-hetero) is 1. The van der Waals surface area contributed by atoms with E-state index in [4.69, 9.17) is 0 Å². The zero-order chi connectivity index (χ0) is 19.1. The zero-order valence-electron chi connectivity index (χ0n) is 13.9. The third kappa shape index (κ3) is 4.72. The first-order valence-electron chi connectivity index (χ1n) is 7.80. The lowest BCUT2D eigenvalue weighted by molar-refractivity contribution is 0.103. The Labute approximate surface area is 171 Å². The lowest BCUT2D eigenvalue weighted by Gasteiger charge is -2.08. The minimum absolute atomic E-state index is 0.0719. The molecule has 0 saturated carbocycles. The number of halogens is 3. The van der Waals surface area contributed by atoms with E-state index in [-0.39, 0.29) is 17.0 Å². The second-order valence-electron chi connectivity index (χ2n) is 5.24. The molecule has 0 aliphatic rings. The fourth-order valence-corrected chi connectivity index (χ4v) is 4.68. The molecule has 0 bridgehead atoms. The molecule has 0 aliphatic heterocycles. The number of allylic oxidation sites excluding steroid dienone is 2. The molecule has 26 heavy (non-hydrogen) atoms. The summed E-state index contributed by atoms with van der Waals surface area (Å²) in [6.07, 6.45) is 2.54. The summed E-state index contributed by atoms with van der Waals surface area (Å²) in [5.41, 5.74) is 1.33. The van der Waals surface area contributed by atoms with E-state index in [1.165, 1.54) is 27.1 Å². The largest absolute Gasteiger partial charge is 0.327 e. The van der Waals surface area contributed by atoms with Gasteiger partial charge in [0.05, 0.1) is 23.5 Å². The summed E-state index contributed by atoms with van der Waals surface area (Å²) in [6, 6.07) is 6.48. The molecule has 4 nitrogen and oxygen atoms in total. The van der Waals surface area contributed by atoms with Crippen LogP contribution in [0.2, 0.25) is 0 Å². The van der Waals surface area contributed by atoms with Gasteiger partial charge in [0.2, 0.25) is 5.78 Å². The van der Waals surface area contributed by atoms with Crippen LogP contribution >= 0.6 is 42.3 Å². The van der Waals surface area contributed by atoms with Crippen LogP contribution in [-0.2, 0) is 0 Å². The van der Waals surface area contributed by atoms with Crippen molar-refractivity contribution in [2.75, 3.05) is 17.1 Å². The molecule has 2 aromatic rings. The van der Waals surface area contributed by atoms with Crippen LogP contribution in [0, 0.1) is 17.1 Å². The van der Waals surface area contributed by atoms with Crippen LogP contribution in [0.4, 0.5) is 14.5 Å². The molecule has 0 fully saturated rings. The van der Waals surface area contributed by atoms with Crippen molar-refractivity contribution in [1.29, 1.82) is 5.26 Å². The predicted molar refractivity (Wildman–Crippen MR) is 114 cm³/mol. The molecular formula is C17H16F2IN3OS2. The van der Waals surface area contributed by atoms with Gasteiger partial charge < -0.3 is 4.72 Å². The molecule has 1 aromatic carbocycles. The third-order valence-corrected chi connectivity index (χ3v) is 6.05. The molecule has 0 saturated heterocycles. The Balaban J connectivity index is 2.44. The lowest BCUT2D eigenvalue weighted by atomic mass is 10.1. The van der Waals surface area contributed by atoms with Gasteiger partial charge in [0.25, 0.3) is 0 Å². The van der Waals surface area contributed by atoms with Gasteiger partial charge in [0, 0.05) is 41.5 Å². The molecule has 0 unspecified atom stereocenters. The number of aromatic nitrogens is 1. The third-order valence-electron chi connectivity index (χ3n) is 3.48. The van der Waals surface area contributed by atoms with E-state index < -0.39 is 12.5 Å². The normalized spacial score (nSPS) is 11.6. The molecule has 0 radical (unpaired) electrons. The van der Waals surface area contributed by atoms with E-state index in [9.17, 15) is 18.8 Å². The number of alkyl halides is 1. The van der Waals surface area contributed by atoms with Crippen molar-refractivity contribution in [2.24, 2.45) is 0 Å². The summed E-state index contributed by atoms with van der Waals surface area (Å²) in [4.78, 5) is 12.7. The van der Waals surface area contributed by atoms with Crippen LogP contribution in [0.5, 0.6) is 0 Å². The van der Waals surface area contributed by atoms with Gasteiger partial charge in [0.15, 0.2) is 0 Å². The minimum Gasteiger partial charge on any atom is -0.327 e. The Morgan fingerprint density at radius 3 is 2.85 bits per heavy atom. The highest BCUT2D eigenvalue weighted by atomic mass is 127. The summed E-state index contributed by atoms with van der Waals surface area (Å²) in [5, 5.41) is 9.77. The molecule has 1 N–H and O–H groups in total. The quantitative estimate of drug-likeness (QED) is 0.111. The van der Waals surface area contributed by atoms with Crippen LogP contribution in [0.25, 0.3) is 10.9 Å². The summed E-state index contributed by atoms with van der Waals surface area (Å²) in [5.74, 6) is -0.320. The molecule has 0 spiro atoms. The van der Waals surface area contributed by atoms with E-state index in [0.29, 0.717) is 35.2 Å². The number of ketones is 1. The molecule has 1 aromatic heterocycles. The number of nitrogens with zero attached hydrogens (tertiary/aromatic N) is 2. The minimum atomic E-state index is -0.454. The maximum absolute atomic E-state index is 14.3. The highest BCUT2D eigenvalue weighted by Crippen LogP contribution is 2.33. The molecule has 138 valence electrons. The van der Waals surface area contributed by atoms with Crippen molar-refractivity contribution < 1.29 is 13.6 Å². The van der Waals surface area contributed by atoms with E-state index in [0.717, 1.165) is 0 Å². The van der Waals surface area contributed by atoms with Gasteiger partial charge in [-0.05, 0) is 31.0 Å². The highest BCUT2D eigenvalue weighted by molar-refractivity contribution is 14.2. The fraction of sp³-hybridized carbons (Fsp3) is 0.294. The fourth-order valence-electron chi connectivity index (χ4n) is 2.30. The Morgan fingerprint density at radius 2 is 2.23 bits per heavy atom. The first kappa shape index (κ1) is 21.1. The monoisotopic (exact) mass is 507 g/mol. The first-order chi connectivity index (χ1) is 12.6. The Hall–Kier alpha value is -1.25. The number of benzene rings is 1. The maximum atomic E-state index is 14.3. The predicted octanol–water partition coefficient (Wildman–Crippen LogP) is 6.09. The van der Waals surface area contributed by atoms with E-state index >= 15 is 0 Å². The van der Waals surface area contributed by atoms with Crippen LogP contribution in [0.3, 0.4) is 0 Å². The second kappa shape index (κ2) is 10.2. The summed E-state index contributed by atoms with van der Waals surface area (Å²) in [7, 11) is 1.28. The summed E-state index contributed by atoms with van der Waals surface area (Å²) >= 11 is 3.27. The van der Waals surface area contributed by atoms with Crippen molar-refractivity contribution in [3.8, 4) is 6.07 Å². The van der Waals surface area contributed by atoms with Crippen molar-refractivity contribution in [3.63, 3.8) is 0 Å². The Bertz CT molecular complexity index is 877. The number of nitriles is 1. The zero-order valence-corrected chi connectivity index (χ0v) is 17.7. The van der Waals surface area contributed by atoms with Crippen molar-refractivity contribution >= 4 is 64.6 Å². The standard InChI is InChI=1S/C17H16F2IN3OS2/c1-2-4-11(10-21)17(24)16-8-12-7-13(19)14(22-25-6-3-5-18)9-15(12)23(16)26-20/h4,7-9,22H,2-3,5-6H2,1H3/b11-4+. The number of carbonyl (C=O) groups is 1. The average molecular weight is 507 g/mol. The molecule has 1 heterocycles. The summed E-state index contributed by atoms with van der Waals surface area (Å²) in [6.45, 7) is 1.43. The van der Waals surface area contributed by atoms with Gasteiger partial charge in [-0.3, -0.25) is 13.2 Å². The molecule has 9 heteroatoms. The summed E-state index contributed by atoms with van der Waals surface area (Å²) < 4.78 is 31.0. The van der Waals surface area contributed by atoms with Gasteiger partial charge >= 0.3 is 0 Å². The van der Waals surface area contributed by atoms with E-state index in [2.05, 4.69) is 4.72 Å². The van der Waals surface area contributed by atoms with Crippen LogP contribution in [0.1, 0.15) is 30.3 Å². The maximum Gasteiger partial charge on any atom is 0.220 e. The van der Waals surface area contributed by atoms with Crippen molar-refractivity contribution in [2.45, 2.75) is 19.8 Å². The van der Waals surface area contributed by atoms with Gasteiger partial charge in [-0.15, -0.1) is 0 Å². The van der Waals surface area contributed by atoms with Crippen LogP contribution in [0.15, 0.2) is 29.8 Å². The number of fused-ring (bicyclic) bond motifs is 1. The smallest absolute Gasteiger partial charge is 0.220 e. The number of anilines is 1. The number of hydrogen-bond acceptors (Lipinski definition) is 5. The van der Waals surface area contributed by atoms with E-state index in [1.807, 2.05) is 34.2 Å². The van der Waals surface area contributed by atoms with Crippen LogP contribution in [-0.4, -0.2) is 22.2 Å². The van der Waals surface area contributed by atoms with Crippen LogP contribution < -0.4 is 4.72 Å². The number of carbonyl (C=O) groups excluding carboxylic acids is 1. The van der Waals surface area contributed by atoms with Crippen molar-refractivity contribution in [1.82, 2.24) is 3.97 Å². The molecule has 2 rings (SSSR count). The Morgan fingerprint density at radius 1 is 1.46 bits per heavy atom. The Kier molecular flexibility index (Phi) is 8.24. The van der Waals surface area contributed by atoms with Gasteiger partial charge in [0.1, 0.15) is 17.6 Å².